The molecule has 0 aliphatic rings. The monoisotopic (exact) mass is 352 g/mol. The van der Waals surface area contributed by atoms with Gasteiger partial charge < -0.3 is 33.5 Å². The highest BCUT2D eigenvalue weighted by molar-refractivity contribution is 5.73. The number of aliphatic hydroxyl groups is 1. The average molecular weight is 352 g/mol. The van der Waals surface area contributed by atoms with Crippen LogP contribution in [0, 0.1) is 0 Å². The Labute approximate surface area is 139 Å². The largest absolute Gasteiger partial charge is 0.508 e. The molecule has 0 saturated carbocycles. The maximum Gasteiger partial charge on any atom is 0.508 e. The van der Waals surface area contributed by atoms with E-state index >= 15 is 0 Å². The summed E-state index contributed by atoms with van der Waals surface area (Å²) in [5.41, 5.74) is 0. The van der Waals surface area contributed by atoms with Gasteiger partial charge >= 0.3 is 18.3 Å². The number of hydrogen-bond donors (Lipinski definition) is 1. The van der Waals surface area contributed by atoms with E-state index in [0.717, 1.165) is 0 Å². The summed E-state index contributed by atoms with van der Waals surface area (Å²) in [7, 11) is 1.46. The summed E-state index contributed by atoms with van der Waals surface area (Å²) in [6.45, 7) is 3.50. The minimum absolute atomic E-state index is 0.0101. The second kappa shape index (κ2) is 12.4. The third-order valence-electron chi connectivity index (χ3n) is 2.36. The standard InChI is InChI=1S/C14H24O10/c1-9(15)5-21-14(18)24-11(3)7-20-12(16)8-23-13(17)22-6-10(2)19-4/h9-11,15H,5-8H2,1-4H3. The fourth-order valence-corrected chi connectivity index (χ4v) is 1.09. The maximum atomic E-state index is 11.4. The summed E-state index contributed by atoms with van der Waals surface area (Å²) in [4.78, 5) is 33.7. The molecule has 0 aromatic heterocycles. The molecule has 0 aliphatic carbocycles. The van der Waals surface area contributed by atoms with Crippen LogP contribution in [0.4, 0.5) is 9.59 Å². The van der Waals surface area contributed by atoms with Crippen molar-refractivity contribution >= 4 is 18.3 Å². The van der Waals surface area contributed by atoms with Gasteiger partial charge in [0.1, 0.15) is 25.9 Å². The fourth-order valence-electron chi connectivity index (χ4n) is 1.09. The lowest BCUT2D eigenvalue weighted by Crippen LogP contribution is -2.26. The van der Waals surface area contributed by atoms with E-state index in [1.807, 2.05) is 0 Å². The van der Waals surface area contributed by atoms with Gasteiger partial charge in [0.2, 0.25) is 0 Å². The van der Waals surface area contributed by atoms with Crippen LogP contribution in [0.15, 0.2) is 0 Å². The number of ether oxygens (including phenoxy) is 6. The molecule has 0 aliphatic heterocycles. The molecule has 0 saturated heterocycles. The van der Waals surface area contributed by atoms with Gasteiger partial charge in [-0.25, -0.2) is 14.4 Å². The summed E-state index contributed by atoms with van der Waals surface area (Å²) >= 11 is 0. The molecule has 0 spiro atoms. The number of carbonyl (C=O) groups is 3. The van der Waals surface area contributed by atoms with Gasteiger partial charge in [0, 0.05) is 7.11 Å². The summed E-state index contributed by atoms with van der Waals surface area (Å²) < 4.78 is 28.1. The Morgan fingerprint density at radius 1 is 0.833 bits per heavy atom. The fraction of sp³-hybridized carbons (Fsp3) is 0.786. The molecule has 0 aromatic carbocycles. The number of hydrogen-bond acceptors (Lipinski definition) is 10. The second-order valence-corrected chi connectivity index (χ2v) is 4.92. The van der Waals surface area contributed by atoms with Crippen LogP contribution in [0.5, 0.6) is 0 Å². The third kappa shape index (κ3) is 12.5. The first-order valence-corrected chi connectivity index (χ1v) is 7.24. The molecule has 0 aromatic rings. The van der Waals surface area contributed by atoms with Crippen LogP contribution in [-0.4, -0.2) is 75.2 Å². The minimum atomic E-state index is -1.03. The molecular formula is C14H24O10. The lowest BCUT2D eigenvalue weighted by atomic mass is 10.4. The number of rotatable bonds is 10. The van der Waals surface area contributed by atoms with Crippen LogP contribution in [0.1, 0.15) is 20.8 Å². The molecule has 0 rings (SSSR count). The highest BCUT2D eigenvalue weighted by Crippen LogP contribution is 1.98. The third-order valence-corrected chi connectivity index (χ3v) is 2.36. The van der Waals surface area contributed by atoms with E-state index in [9.17, 15) is 14.4 Å². The predicted octanol–water partition coefficient (Wildman–Crippen LogP) is 0.640. The van der Waals surface area contributed by atoms with E-state index in [0.29, 0.717) is 0 Å². The number of carbonyl (C=O) groups excluding carboxylic acids is 3. The molecule has 0 bridgehead atoms. The van der Waals surface area contributed by atoms with Crippen LogP contribution in [-0.2, 0) is 33.2 Å². The minimum Gasteiger partial charge on any atom is -0.459 e. The highest BCUT2D eigenvalue weighted by atomic mass is 16.7. The summed E-state index contributed by atoms with van der Waals surface area (Å²) in [5.74, 6) is -0.834. The molecule has 1 N–H and O–H groups in total. The molecule has 0 fully saturated rings. The molecule has 140 valence electrons. The van der Waals surface area contributed by atoms with Gasteiger partial charge in [0.05, 0.1) is 12.2 Å². The van der Waals surface area contributed by atoms with Gasteiger partial charge in [-0.3, -0.25) is 0 Å². The number of methoxy groups -OCH3 is 1. The lowest BCUT2D eigenvalue weighted by molar-refractivity contribution is -0.151. The Morgan fingerprint density at radius 3 is 2.00 bits per heavy atom. The average Bonchev–Trinajstić information content (AvgIpc) is 2.53. The van der Waals surface area contributed by atoms with E-state index < -0.39 is 37.1 Å². The molecule has 3 unspecified atom stereocenters. The lowest BCUT2D eigenvalue weighted by Gasteiger charge is -2.14. The van der Waals surface area contributed by atoms with E-state index in [2.05, 4.69) is 14.2 Å². The molecule has 0 radical (unpaired) electrons. The van der Waals surface area contributed by atoms with E-state index in [-0.39, 0.29) is 25.9 Å². The Balaban J connectivity index is 3.80. The van der Waals surface area contributed by atoms with Crippen molar-refractivity contribution in [2.75, 3.05) is 33.5 Å². The summed E-state index contributed by atoms with van der Waals surface area (Å²) in [6.07, 6.45) is -3.90. The molecule has 24 heavy (non-hydrogen) atoms. The molecule has 3 atom stereocenters. The van der Waals surface area contributed by atoms with Gasteiger partial charge in [0.15, 0.2) is 6.61 Å². The highest BCUT2D eigenvalue weighted by Gasteiger charge is 2.16. The Kier molecular flexibility index (Phi) is 11.3. The molecule has 10 nitrogen and oxygen atoms in total. The van der Waals surface area contributed by atoms with Crippen molar-refractivity contribution in [3.05, 3.63) is 0 Å². The predicted molar refractivity (Wildman–Crippen MR) is 78.3 cm³/mol. The molecule has 0 heterocycles. The van der Waals surface area contributed by atoms with Crippen molar-refractivity contribution in [3.8, 4) is 0 Å². The number of esters is 1. The van der Waals surface area contributed by atoms with E-state index in [1.54, 1.807) is 6.92 Å². The van der Waals surface area contributed by atoms with Crippen LogP contribution in [0.3, 0.4) is 0 Å². The Hall–Kier alpha value is -2.07. The summed E-state index contributed by atoms with van der Waals surface area (Å²) in [6, 6.07) is 0. The number of aliphatic hydroxyl groups excluding tert-OH is 1. The summed E-state index contributed by atoms with van der Waals surface area (Å²) in [5, 5.41) is 8.94. The Morgan fingerprint density at radius 2 is 1.42 bits per heavy atom. The first kappa shape index (κ1) is 21.9. The van der Waals surface area contributed by atoms with Gasteiger partial charge in [-0.15, -0.1) is 0 Å². The topological polar surface area (TPSA) is 127 Å². The van der Waals surface area contributed by atoms with Gasteiger partial charge in [-0.2, -0.15) is 0 Å². The van der Waals surface area contributed by atoms with Crippen molar-refractivity contribution in [2.24, 2.45) is 0 Å². The first-order chi connectivity index (χ1) is 11.2. The first-order valence-electron chi connectivity index (χ1n) is 7.24. The van der Waals surface area contributed by atoms with Crippen LogP contribution in [0.25, 0.3) is 0 Å². The van der Waals surface area contributed by atoms with Crippen LogP contribution in [0.2, 0.25) is 0 Å². The zero-order valence-electron chi connectivity index (χ0n) is 14.2. The zero-order chi connectivity index (χ0) is 18.5. The quantitative estimate of drug-likeness (QED) is 0.442. The van der Waals surface area contributed by atoms with Gasteiger partial charge in [0.25, 0.3) is 0 Å². The normalized spacial score (nSPS) is 14.0. The van der Waals surface area contributed by atoms with Crippen molar-refractivity contribution in [1.29, 1.82) is 0 Å². The smallest absolute Gasteiger partial charge is 0.459 e. The second-order valence-electron chi connectivity index (χ2n) is 4.92. The molecular weight excluding hydrogens is 328 g/mol. The van der Waals surface area contributed by atoms with Crippen molar-refractivity contribution in [2.45, 2.75) is 39.1 Å². The SMILES string of the molecule is COC(C)COC(=O)OCC(=O)OCC(C)OC(=O)OCC(C)O. The Bertz CT molecular complexity index is 395. The van der Waals surface area contributed by atoms with Crippen molar-refractivity contribution < 1.29 is 47.9 Å². The van der Waals surface area contributed by atoms with E-state index in [1.165, 1.54) is 21.0 Å². The molecule has 0 amide bonds. The maximum absolute atomic E-state index is 11.4. The van der Waals surface area contributed by atoms with Crippen LogP contribution >= 0.6 is 0 Å². The molecule has 10 heteroatoms. The zero-order valence-corrected chi connectivity index (χ0v) is 14.2. The van der Waals surface area contributed by atoms with Crippen molar-refractivity contribution in [1.82, 2.24) is 0 Å². The van der Waals surface area contributed by atoms with E-state index in [4.69, 9.17) is 19.3 Å². The van der Waals surface area contributed by atoms with Crippen LogP contribution < -0.4 is 0 Å². The van der Waals surface area contributed by atoms with Crippen molar-refractivity contribution in [3.63, 3.8) is 0 Å². The van der Waals surface area contributed by atoms with Gasteiger partial charge in [-0.1, -0.05) is 0 Å². The van der Waals surface area contributed by atoms with Gasteiger partial charge in [-0.05, 0) is 20.8 Å².